The molecule has 1 amide bonds. The first-order valence-electron chi connectivity index (χ1n) is 15.9. The summed E-state index contributed by atoms with van der Waals surface area (Å²) in [5.74, 6) is 3.15. The molecule has 2 aliphatic rings. The van der Waals surface area contributed by atoms with E-state index in [-0.39, 0.29) is 11.8 Å². The van der Waals surface area contributed by atoms with Crippen LogP contribution in [0.5, 0.6) is 0 Å². The summed E-state index contributed by atoms with van der Waals surface area (Å²) in [5, 5.41) is 8.04. The zero-order valence-corrected chi connectivity index (χ0v) is 27.8. The lowest BCUT2D eigenvalue weighted by Gasteiger charge is -2.25. The number of carbonyl (C=O) groups excluding carboxylic acids is 1. The molecule has 6 rings (SSSR count). The molecule has 2 aromatic carbocycles. The van der Waals surface area contributed by atoms with Crippen molar-refractivity contribution in [3.63, 3.8) is 0 Å². The Hall–Kier alpha value is -3.36. The number of amides is 1. The Morgan fingerprint density at radius 2 is 1.64 bits per heavy atom. The van der Waals surface area contributed by atoms with Crippen molar-refractivity contribution in [2.45, 2.75) is 59.1 Å². The van der Waals surface area contributed by atoms with Crippen LogP contribution in [0.1, 0.15) is 54.5 Å². The molecule has 7 nitrogen and oxygen atoms in total. The zero-order valence-electron chi connectivity index (χ0n) is 27.0. The molecular formula is C36H47N5O2S. The van der Waals surface area contributed by atoms with Crippen LogP contribution in [0.2, 0.25) is 0 Å². The topological polar surface area (TPSA) is 84.8 Å². The normalized spacial score (nSPS) is 16.3. The van der Waals surface area contributed by atoms with Crippen molar-refractivity contribution in [2.24, 2.45) is 17.8 Å². The second kappa shape index (κ2) is 12.6. The van der Waals surface area contributed by atoms with Gasteiger partial charge in [0, 0.05) is 34.0 Å². The standard InChI is InChI=1S/C36H47N5O2S/c1-23-31(25(3)41(40-23)22-43-20-21-44(4,5)6)26-16-18-30(19-17-26)38-36(42)33(32(27-12-13-27)28-14-15-28)35-37-24(2)34(39-35)29-10-8-7-9-11-29/h7-11,16-19,27-28,32-33H,12-15,20-22H2,1-6H3,(H,37,39)(H,38,42). The monoisotopic (exact) mass is 613 g/mol. The lowest BCUT2D eigenvalue weighted by molar-refractivity contribution is -0.119. The number of anilines is 1. The maximum Gasteiger partial charge on any atom is 0.235 e. The van der Waals surface area contributed by atoms with Crippen molar-refractivity contribution >= 4 is 21.6 Å². The number of ether oxygens (including phenoxy) is 1. The van der Waals surface area contributed by atoms with E-state index in [1.54, 1.807) is 0 Å². The average molecular weight is 614 g/mol. The first kappa shape index (κ1) is 30.7. The summed E-state index contributed by atoms with van der Waals surface area (Å²) in [6.07, 6.45) is 11.8. The SMILES string of the molecule is Cc1nn(COCCS(C)(C)C)c(C)c1-c1ccc(NC(=O)C(c2nc(-c3ccccc3)c(C)[nH]2)C(C2CC2)C2CC2)cc1. The number of hydrogen-bond acceptors (Lipinski definition) is 4. The van der Waals surface area contributed by atoms with Crippen LogP contribution in [-0.2, 0) is 16.3 Å². The van der Waals surface area contributed by atoms with Crippen molar-refractivity contribution in [1.82, 2.24) is 19.7 Å². The minimum Gasteiger partial charge on any atom is -0.358 e. The van der Waals surface area contributed by atoms with Crippen LogP contribution in [0.25, 0.3) is 22.4 Å². The van der Waals surface area contributed by atoms with Gasteiger partial charge in [-0.15, -0.1) is 0 Å². The predicted molar refractivity (Wildman–Crippen MR) is 182 cm³/mol. The van der Waals surface area contributed by atoms with Gasteiger partial charge in [0.25, 0.3) is 0 Å². The van der Waals surface area contributed by atoms with Crippen LogP contribution >= 0.6 is 10.0 Å². The average Bonchev–Trinajstić information content (AvgIpc) is 3.92. The Morgan fingerprint density at radius 3 is 2.25 bits per heavy atom. The Labute approximate surface area is 263 Å². The number of imidazole rings is 1. The van der Waals surface area contributed by atoms with Gasteiger partial charge in [-0.3, -0.25) is 4.79 Å². The van der Waals surface area contributed by atoms with E-state index in [9.17, 15) is 4.79 Å². The number of rotatable bonds is 13. The molecule has 1 unspecified atom stereocenters. The number of hydrogen-bond donors (Lipinski definition) is 2. The highest BCUT2D eigenvalue weighted by Crippen LogP contribution is 2.55. The van der Waals surface area contributed by atoms with Crippen LogP contribution in [-0.4, -0.2) is 56.8 Å². The summed E-state index contributed by atoms with van der Waals surface area (Å²) in [6, 6.07) is 18.4. The largest absolute Gasteiger partial charge is 0.358 e. The second-order valence-electron chi connectivity index (χ2n) is 13.6. The van der Waals surface area contributed by atoms with Crippen molar-refractivity contribution in [3.8, 4) is 22.4 Å². The van der Waals surface area contributed by atoms with Gasteiger partial charge in [-0.25, -0.2) is 19.7 Å². The lowest BCUT2D eigenvalue weighted by Crippen LogP contribution is -2.31. The van der Waals surface area contributed by atoms with E-state index in [1.807, 2.05) is 41.9 Å². The van der Waals surface area contributed by atoms with Crippen molar-refractivity contribution in [1.29, 1.82) is 0 Å². The molecule has 0 spiro atoms. The smallest absolute Gasteiger partial charge is 0.235 e. The zero-order chi connectivity index (χ0) is 31.0. The minimum absolute atomic E-state index is 0.0318. The van der Waals surface area contributed by atoms with Crippen molar-refractivity contribution in [2.75, 3.05) is 36.4 Å². The lowest BCUT2D eigenvalue weighted by atomic mass is 9.82. The third kappa shape index (κ3) is 6.97. The number of H-pyrrole nitrogens is 1. The van der Waals surface area contributed by atoms with Crippen LogP contribution in [0, 0.1) is 38.5 Å². The maximum atomic E-state index is 14.1. The maximum absolute atomic E-state index is 14.1. The molecule has 2 aliphatic carbocycles. The summed E-state index contributed by atoms with van der Waals surface area (Å²) in [7, 11) is -0.579. The molecular weight excluding hydrogens is 566 g/mol. The third-order valence-electron chi connectivity index (χ3n) is 9.12. The van der Waals surface area contributed by atoms with E-state index < -0.39 is 10.0 Å². The van der Waals surface area contributed by atoms with Gasteiger partial charge in [-0.05, 0) is 101 Å². The van der Waals surface area contributed by atoms with Gasteiger partial charge >= 0.3 is 0 Å². The van der Waals surface area contributed by atoms with E-state index in [4.69, 9.17) is 14.8 Å². The first-order chi connectivity index (χ1) is 21.1. The van der Waals surface area contributed by atoms with Gasteiger partial charge in [0.2, 0.25) is 5.91 Å². The fraction of sp³-hybridized carbons (Fsp3) is 0.472. The van der Waals surface area contributed by atoms with Gasteiger partial charge in [0.15, 0.2) is 0 Å². The first-order valence-corrected chi connectivity index (χ1v) is 18.9. The van der Waals surface area contributed by atoms with Gasteiger partial charge in [0.1, 0.15) is 12.6 Å². The summed E-state index contributed by atoms with van der Waals surface area (Å²) in [6.45, 7) is 7.40. The molecule has 0 radical (unpaired) electrons. The molecule has 8 heteroatoms. The Morgan fingerprint density at radius 1 is 0.977 bits per heavy atom. The second-order valence-corrected chi connectivity index (χ2v) is 18.2. The van der Waals surface area contributed by atoms with Crippen LogP contribution in [0.3, 0.4) is 0 Å². The number of nitrogens with one attached hydrogen (secondary N) is 2. The molecule has 4 aromatic rings. The van der Waals surface area contributed by atoms with Gasteiger partial charge in [-0.1, -0.05) is 42.5 Å². The molecule has 2 N–H and O–H groups in total. The van der Waals surface area contributed by atoms with E-state index >= 15 is 0 Å². The molecule has 0 aliphatic heterocycles. The molecule has 0 bridgehead atoms. The van der Waals surface area contributed by atoms with Crippen molar-refractivity contribution < 1.29 is 9.53 Å². The molecule has 234 valence electrons. The van der Waals surface area contributed by atoms with Crippen LogP contribution in [0.15, 0.2) is 54.6 Å². The third-order valence-corrected chi connectivity index (χ3v) is 10.5. The summed E-state index contributed by atoms with van der Waals surface area (Å²) in [4.78, 5) is 22.7. The van der Waals surface area contributed by atoms with E-state index in [0.29, 0.717) is 24.5 Å². The number of nitrogens with zero attached hydrogens (tertiary/aromatic N) is 3. The van der Waals surface area contributed by atoms with Crippen LogP contribution < -0.4 is 5.32 Å². The molecule has 1 atom stereocenters. The van der Waals surface area contributed by atoms with Crippen LogP contribution in [0.4, 0.5) is 5.69 Å². The van der Waals surface area contributed by atoms with Gasteiger partial charge in [0.05, 0.1) is 23.9 Å². The highest BCUT2D eigenvalue weighted by molar-refractivity contribution is 8.32. The van der Waals surface area contributed by atoms with E-state index in [2.05, 4.69) is 67.2 Å². The minimum atomic E-state index is -0.579. The quantitative estimate of drug-likeness (QED) is 0.151. The molecule has 2 fully saturated rings. The predicted octanol–water partition coefficient (Wildman–Crippen LogP) is 7.69. The number of benzene rings is 2. The molecule has 2 heterocycles. The summed E-state index contributed by atoms with van der Waals surface area (Å²) < 4.78 is 7.92. The van der Waals surface area contributed by atoms with E-state index in [0.717, 1.165) is 63.3 Å². The fourth-order valence-corrected chi connectivity index (χ4v) is 7.14. The highest BCUT2D eigenvalue weighted by atomic mass is 32.3. The summed E-state index contributed by atoms with van der Waals surface area (Å²) in [5.41, 5.74) is 8.08. The number of aromatic nitrogens is 4. The van der Waals surface area contributed by atoms with Crippen molar-refractivity contribution in [3.05, 3.63) is 77.5 Å². The number of carbonyl (C=O) groups is 1. The Kier molecular flexibility index (Phi) is 8.75. The Bertz CT molecular complexity index is 1580. The van der Waals surface area contributed by atoms with Gasteiger partial charge < -0.3 is 15.0 Å². The molecule has 0 saturated heterocycles. The van der Waals surface area contributed by atoms with Gasteiger partial charge in [-0.2, -0.15) is 5.10 Å². The molecule has 2 saturated carbocycles. The molecule has 44 heavy (non-hydrogen) atoms. The Balaban J connectivity index is 1.20. The number of aryl methyl sites for hydroxylation is 2. The fourth-order valence-electron chi connectivity index (χ4n) is 6.52. The van der Waals surface area contributed by atoms with E-state index in [1.165, 1.54) is 25.7 Å². The molecule has 2 aromatic heterocycles. The summed E-state index contributed by atoms with van der Waals surface area (Å²) >= 11 is 0. The highest BCUT2D eigenvalue weighted by Gasteiger charge is 2.49. The number of aromatic amines is 1.